The van der Waals surface area contributed by atoms with Gasteiger partial charge in [0.05, 0.1) is 11.4 Å². The minimum atomic E-state index is -0.551. The quantitative estimate of drug-likeness (QED) is 0.551. The number of hydrogen-bond donors (Lipinski definition) is 3. The van der Waals surface area contributed by atoms with Gasteiger partial charge in [-0.3, -0.25) is 9.59 Å². The highest BCUT2D eigenvalue weighted by atomic mass is 19.1. The van der Waals surface area contributed by atoms with Gasteiger partial charge in [-0.05, 0) is 56.2 Å². The van der Waals surface area contributed by atoms with E-state index in [0.29, 0.717) is 41.0 Å². The second kappa shape index (κ2) is 8.43. The molecule has 1 aliphatic carbocycles. The van der Waals surface area contributed by atoms with Gasteiger partial charge in [0.25, 0.3) is 11.8 Å². The number of hydrazone groups is 1. The molecule has 158 valence electrons. The van der Waals surface area contributed by atoms with E-state index in [1.54, 1.807) is 13.0 Å². The molecule has 0 fully saturated rings. The lowest BCUT2D eigenvalue weighted by molar-refractivity contribution is 0.0953. The Hall–Kier alpha value is -3.94. The number of para-hydroxylation sites is 1. The number of phenolic OH excluding ortho intramolecular Hbond substituents is 1. The fourth-order valence-electron chi connectivity index (χ4n) is 3.53. The van der Waals surface area contributed by atoms with Crippen molar-refractivity contribution in [2.75, 3.05) is 5.32 Å². The van der Waals surface area contributed by atoms with Gasteiger partial charge in [0.15, 0.2) is 5.76 Å². The van der Waals surface area contributed by atoms with Gasteiger partial charge in [0, 0.05) is 23.1 Å². The molecule has 31 heavy (non-hydrogen) atoms. The van der Waals surface area contributed by atoms with Crippen molar-refractivity contribution in [2.24, 2.45) is 5.10 Å². The number of carbonyl (C=O) groups excluding carboxylic acids is 2. The highest BCUT2D eigenvalue weighted by molar-refractivity contribution is 6.09. The van der Waals surface area contributed by atoms with Crippen LogP contribution in [0.3, 0.4) is 0 Å². The summed E-state index contributed by atoms with van der Waals surface area (Å²) < 4.78 is 19.7. The van der Waals surface area contributed by atoms with E-state index in [0.717, 1.165) is 6.42 Å². The van der Waals surface area contributed by atoms with Crippen molar-refractivity contribution in [1.29, 1.82) is 0 Å². The SMILES string of the molecule is Cc1c(C(=O)Nc2ccccc2F)oc2c1/C(=N/NC(=O)c1ccc(O)cc1)CCC2. The molecule has 2 aromatic carbocycles. The van der Waals surface area contributed by atoms with Crippen LogP contribution >= 0.6 is 0 Å². The van der Waals surface area contributed by atoms with Gasteiger partial charge in [-0.15, -0.1) is 0 Å². The number of nitrogens with one attached hydrogen (secondary N) is 2. The van der Waals surface area contributed by atoms with Crippen LogP contribution in [-0.4, -0.2) is 22.6 Å². The van der Waals surface area contributed by atoms with Crippen molar-refractivity contribution in [3.05, 3.63) is 82.6 Å². The van der Waals surface area contributed by atoms with Gasteiger partial charge >= 0.3 is 0 Å². The van der Waals surface area contributed by atoms with Gasteiger partial charge in [0.1, 0.15) is 17.3 Å². The van der Waals surface area contributed by atoms with Crippen LogP contribution < -0.4 is 10.7 Å². The van der Waals surface area contributed by atoms with E-state index in [2.05, 4.69) is 15.8 Å². The third-order valence-electron chi connectivity index (χ3n) is 5.08. The molecule has 0 bridgehead atoms. The zero-order chi connectivity index (χ0) is 22.0. The van der Waals surface area contributed by atoms with Crippen molar-refractivity contribution < 1.29 is 23.5 Å². The summed E-state index contributed by atoms with van der Waals surface area (Å²) in [6.07, 6.45) is 1.99. The first kappa shape index (κ1) is 20.3. The molecule has 1 aliphatic rings. The maximum atomic E-state index is 13.9. The number of aryl methyl sites for hydroxylation is 1. The molecule has 0 unspecified atom stereocenters. The van der Waals surface area contributed by atoms with Crippen LogP contribution in [0.1, 0.15) is 50.6 Å². The number of anilines is 1. The van der Waals surface area contributed by atoms with Crippen molar-refractivity contribution in [2.45, 2.75) is 26.2 Å². The summed E-state index contributed by atoms with van der Waals surface area (Å²) in [7, 11) is 0. The van der Waals surface area contributed by atoms with E-state index in [1.165, 1.54) is 42.5 Å². The third-order valence-corrected chi connectivity index (χ3v) is 5.08. The largest absolute Gasteiger partial charge is 0.508 e. The lowest BCUT2D eigenvalue weighted by Gasteiger charge is -2.13. The smallest absolute Gasteiger partial charge is 0.291 e. The maximum absolute atomic E-state index is 13.9. The second-order valence-electron chi connectivity index (χ2n) is 7.19. The van der Waals surface area contributed by atoms with Gasteiger partial charge in [-0.25, -0.2) is 9.82 Å². The Balaban J connectivity index is 1.57. The average molecular weight is 421 g/mol. The summed E-state index contributed by atoms with van der Waals surface area (Å²) in [5.74, 6) is -0.741. The van der Waals surface area contributed by atoms with Crippen LogP contribution in [0.25, 0.3) is 0 Å². The second-order valence-corrected chi connectivity index (χ2v) is 7.19. The number of aromatic hydroxyl groups is 1. The average Bonchev–Trinajstić information content (AvgIpc) is 3.11. The van der Waals surface area contributed by atoms with E-state index >= 15 is 0 Å². The van der Waals surface area contributed by atoms with Gasteiger partial charge < -0.3 is 14.8 Å². The number of halogens is 1. The molecular weight excluding hydrogens is 401 g/mol. The summed E-state index contributed by atoms with van der Waals surface area (Å²) in [5.41, 5.74) is 4.82. The minimum absolute atomic E-state index is 0.0648. The van der Waals surface area contributed by atoms with E-state index in [4.69, 9.17) is 4.42 Å². The number of fused-ring (bicyclic) bond motifs is 1. The number of benzene rings is 2. The van der Waals surface area contributed by atoms with Gasteiger partial charge in [-0.1, -0.05) is 12.1 Å². The monoisotopic (exact) mass is 421 g/mol. The zero-order valence-corrected chi connectivity index (χ0v) is 16.7. The van der Waals surface area contributed by atoms with Crippen LogP contribution in [0.2, 0.25) is 0 Å². The predicted octanol–water partition coefficient (Wildman–Crippen LogP) is 4.16. The van der Waals surface area contributed by atoms with E-state index in [-0.39, 0.29) is 17.2 Å². The molecule has 0 spiro atoms. The van der Waals surface area contributed by atoms with E-state index in [9.17, 15) is 19.1 Å². The van der Waals surface area contributed by atoms with Crippen LogP contribution in [0.5, 0.6) is 5.75 Å². The molecular formula is C23H20FN3O4. The Morgan fingerprint density at radius 2 is 1.81 bits per heavy atom. The maximum Gasteiger partial charge on any atom is 0.291 e. The highest BCUT2D eigenvalue weighted by Gasteiger charge is 2.28. The number of rotatable bonds is 4. The molecule has 0 aliphatic heterocycles. The molecule has 7 nitrogen and oxygen atoms in total. The number of carbonyl (C=O) groups is 2. The molecule has 2 amide bonds. The Kier molecular flexibility index (Phi) is 5.53. The highest BCUT2D eigenvalue weighted by Crippen LogP contribution is 2.30. The fourth-order valence-corrected chi connectivity index (χ4v) is 3.53. The Morgan fingerprint density at radius 1 is 1.06 bits per heavy atom. The fraction of sp³-hybridized carbons (Fsp3) is 0.174. The topological polar surface area (TPSA) is 104 Å². The summed E-state index contributed by atoms with van der Waals surface area (Å²) in [5, 5.41) is 16.1. The van der Waals surface area contributed by atoms with Crippen LogP contribution in [0.4, 0.5) is 10.1 Å². The van der Waals surface area contributed by atoms with Crippen LogP contribution in [0.15, 0.2) is 58.0 Å². The Labute approximate surface area is 177 Å². The predicted molar refractivity (Wildman–Crippen MR) is 113 cm³/mol. The molecule has 3 N–H and O–H groups in total. The molecule has 1 heterocycles. The summed E-state index contributed by atoms with van der Waals surface area (Å²) in [4.78, 5) is 25.0. The number of nitrogens with zero attached hydrogens (tertiary/aromatic N) is 1. The summed E-state index contributed by atoms with van der Waals surface area (Å²) in [6.45, 7) is 1.74. The molecule has 0 saturated heterocycles. The lowest BCUT2D eigenvalue weighted by Crippen LogP contribution is -2.22. The number of hydrogen-bond acceptors (Lipinski definition) is 5. The van der Waals surface area contributed by atoms with E-state index < -0.39 is 17.6 Å². The zero-order valence-electron chi connectivity index (χ0n) is 16.7. The number of furan rings is 1. The molecule has 0 atom stereocenters. The third kappa shape index (κ3) is 4.18. The van der Waals surface area contributed by atoms with Crippen molar-refractivity contribution >= 4 is 23.2 Å². The van der Waals surface area contributed by atoms with Crippen LogP contribution in [0, 0.1) is 12.7 Å². The van der Waals surface area contributed by atoms with Gasteiger partial charge in [0.2, 0.25) is 0 Å². The number of phenols is 1. The molecule has 1 aromatic heterocycles. The Bertz CT molecular complexity index is 1180. The van der Waals surface area contributed by atoms with E-state index in [1.807, 2.05) is 0 Å². The molecule has 0 saturated carbocycles. The van der Waals surface area contributed by atoms with Gasteiger partial charge in [-0.2, -0.15) is 5.10 Å². The molecule has 0 radical (unpaired) electrons. The first-order valence-corrected chi connectivity index (χ1v) is 9.78. The summed E-state index contributed by atoms with van der Waals surface area (Å²) in [6, 6.07) is 11.7. The summed E-state index contributed by atoms with van der Waals surface area (Å²) >= 11 is 0. The minimum Gasteiger partial charge on any atom is -0.508 e. The number of amides is 2. The molecule has 8 heteroatoms. The molecule has 3 aromatic rings. The first-order valence-electron chi connectivity index (χ1n) is 9.78. The lowest BCUT2D eigenvalue weighted by atomic mass is 9.93. The van der Waals surface area contributed by atoms with Crippen LogP contribution in [-0.2, 0) is 6.42 Å². The Morgan fingerprint density at radius 3 is 2.55 bits per heavy atom. The van der Waals surface area contributed by atoms with Crippen molar-refractivity contribution in [3.8, 4) is 5.75 Å². The standard InChI is InChI=1S/C23H20FN3O4/c1-13-20-18(26-27-22(29)14-9-11-15(28)12-10-14)7-4-8-19(20)31-21(13)23(30)25-17-6-3-2-5-16(17)24/h2-3,5-6,9-12,28H,4,7-8H2,1H3,(H,25,30)(H,27,29)/b26-18+. The normalized spacial score (nSPS) is 14.2. The molecule has 4 rings (SSSR count). The van der Waals surface area contributed by atoms with Crippen molar-refractivity contribution in [1.82, 2.24) is 5.43 Å². The first-order chi connectivity index (χ1) is 14.9. The van der Waals surface area contributed by atoms with Crippen molar-refractivity contribution in [3.63, 3.8) is 0 Å².